The van der Waals surface area contributed by atoms with Crippen molar-refractivity contribution in [3.63, 3.8) is 0 Å². The molecule has 1 heterocycles. The van der Waals surface area contributed by atoms with E-state index in [9.17, 15) is 52.7 Å². The van der Waals surface area contributed by atoms with Crippen LogP contribution in [0.25, 0.3) is 0 Å². The highest BCUT2D eigenvalue weighted by Gasteiger charge is 2.39. The van der Waals surface area contributed by atoms with Gasteiger partial charge in [0.25, 0.3) is 0 Å². The minimum absolute atomic E-state index is 0.0196. The van der Waals surface area contributed by atoms with Gasteiger partial charge in [-0.3, -0.25) is 43.2 Å². The van der Waals surface area contributed by atoms with Gasteiger partial charge in [-0.2, -0.15) is 0 Å². The van der Waals surface area contributed by atoms with Gasteiger partial charge < -0.3 is 62.2 Å². The monoisotopic (exact) mass is 1110 g/mol. The third-order valence-corrected chi connectivity index (χ3v) is 12.8. The second-order valence-electron chi connectivity index (χ2n) is 23.5. The number of carbonyl (C=O) groups is 11. The lowest BCUT2D eigenvalue weighted by molar-refractivity contribution is -0.147. The molecule has 1 aliphatic heterocycles. The van der Waals surface area contributed by atoms with Crippen LogP contribution in [0.5, 0.6) is 0 Å². The summed E-state index contributed by atoms with van der Waals surface area (Å²) < 4.78 is 10.1. The van der Waals surface area contributed by atoms with Crippen LogP contribution < -0.4 is 47.9 Å². The van der Waals surface area contributed by atoms with Crippen molar-refractivity contribution in [2.75, 3.05) is 33.3 Å². The fraction of sp³-hybridized carbons (Fsp3) is 0.800. The van der Waals surface area contributed by atoms with Gasteiger partial charge in [-0.05, 0) is 108 Å². The molecule has 0 radical (unpaired) electrons. The Balaban J connectivity index is 2.72. The van der Waals surface area contributed by atoms with Crippen LogP contribution in [0.4, 0.5) is 4.79 Å². The SMILES string of the molecule is COC(=O)[C@@H](NC(=O)[C@@H](NC(=O)CCCCNC(=O)[C@H](CC(C)C)NC(=O)CNC(=O)[C@H]1CCCN1C(=O)[C@@H](NC(=O)CCCCNC(=O)[C@@H](NC(=O)[C@H](CC(C)C)NC(=O)OC(C)(C)C)C(C)C)C(C)C)C(C)C)C(C)C. The van der Waals surface area contributed by atoms with E-state index in [4.69, 9.17) is 9.47 Å². The minimum atomic E-state index is -0.935. The number of rotatable bonds is 33. The smallest absolute Gasteiger partial charge is 0.408 e. The number of nitrogens with zero attached hydrogens (tertiary/aromatic N) is 1. The average molecular weight is 1110 g/mol. The highest BCUT2D eigenvalue weighted by atomic mass is 16.6. The zero-order valence-electron chi connectivity index (χ0n) is 49.7. The predicted molar refractivity (Wildman–Crippen MR) is 295 cm³/mol. The Kier molecular flexibility index (Phi) is 31.2. The maximum atomic E-state index is 13.9. The number of esters is 1. The number of nitrogens with one attached hydrogen (secondary N) is 9. The molecule has 10 amide bonds. The number of carbonyl (C=O) groups excluding carboxylic acids is 11. The molecule has 1 aliphatic rings. The maximum Gasteiger partial charge on any atom is 0.408 e. The molecule has 0 bridgehead atoms. The van der Waals surface area contributed by atoms with Crippen LogP contribution in [0, 0.1) is 35.5 Å². The standard InChI is InChI=1S/C55H98N10O13/c1-31(2)28-37(47(69)56-25-19-17-23-40(66)61-44(34(7)8)51(73)64-46(36(11)12)53(75)77-16)59-42(68)30-58-49(71)39-22-21-27-65(39)52(74)45(35(9)10)62-41(67)24-18-20-26-57-50(72)43(33(5)6)63-48(70)38(29-32(3)4)60-54(76)78-55(13,14)15/h31-39,43-46H,17-30H2,1-16H3,(H,56,69)(H,57,72)(H,58,71)(H,59,68)(H,60,76)(H,61,66)(H,62,67)(H,63,70)(H,64,73)/t37-,38-,39+,43-,44-,45-,46-/m0/s1. The Morgan fingerprint density at radius 2 is 0.974 bits per heavy atom. The van der Waals surface area contributed by atoms with E-state index in [1.807, 2.05) is 27.7 Å². The van der Waals surface area contributed by atoms with Crippen molar-refractivity contribution in [1.82, 2.24) is 52.8 Å². The van der Waals surface area contributed by atoms with Crippen LogP contribution in [-0.4, -0.2) is 151 Å². The molecule has 1 rings (SSSR count). The molecule has 1 fully saturated rings. The van der Waals surface area contributed by atoms with E-state index in [2.05, 4.69) is 47.9 Å². The van der Waals surface area contributed by atoms with E-state index in [1.165, 1.54) is 12.0 Å². The molecule has 23 nitrogen and oxygen atoms in total. The summed E-state index contributed by atoms with van der Waals surface area (Å²) in [5.41, 5.74) is -0.763. The van der Waals surface area contributed by atoms with Gasteiger partial charge in [-0.25, -0.2) is 9.59 Å². The van der Waals surface area contributed by atoms with Crippen molar-refractivity contribution >= 4 is 65.2 Å². The largest absolute Gasteiger partial charge is 0.467 e. The van der Waals surface area contributed by atoms with Crippen LogP contribution in [0.2, 0.25) is 0 Å². The molecule has 0 spiro atoms. The summed E-state index contributed by atoms with van der Waals surface area (Å²) in [5.74, 6) is -5.81. The molecular weight excluding hydrogens is 1010 g/mol. The van der Waals surface area contributed by atoms with Crippen molar-refractivity contribution in [3.8, 4) is 0 Å². The van der Waals surface area contributed by atoms with Crippen LogP contribution in [0.3, 0.4) is 0 Å². The fourth-order valence-corrected chi connectivity index (χ4v) is 8.54. The first kappa shape index (κ1) is 70.0. The number of alkyl carbamates (subject to hydrolysis) is 1. The molecule has 0 aliphatic carbocycles. The summed E-state index contributed by atoms with van der Waals surface area (Å²) in [4.78, 5) is 146. The lowest BCUT2D eigenvalue weighted by atomic mass is 10.00. The van der Waals surface area contributed by atoms with E-state index in [1.54, 1.807) is 76.2 Å². The third-order valence-electron chi connectivity index (χ3n) is 12.8. The number of hydrogen-bond acceptors (Lipinski definition) is 13. The van der Waals surface area contributed by atoms with Crippen LogP contribution >= 0.6 is 0 Å². The maximum absolute atomic E-state index is 13.9. The zero-order valence-corrected chi connectivity index (χ0v) is 49.7. The molecule has 78 heavy (non-hydrogen) atoms. The van der Waals surface area contributed by atoms with Gasteiger partial charge in [0.2, 0.25) is 53.2 Å². The Morgan fingerprint density at radius 3 is 1.45 bits per heavy atom. The molecule has 0 aromatic heterocycles. The lowest BCUT2D eigenvalue weighted by Gasteiger charge is -2.30. The Hall–Kier alpha value is -6.03. The van der Waals surface area contributed by atoms with Gasteiger partial charge in [0, 0.05) is 32.5 Å². The Labute approximate surface area is 463 Å². The average Bonchev–Trinajstić information content (AvgIpc) is 3.83. The summed E-state index contributed by atoms with van der Waals surface area (Å²) >= 11 is 0. The van der Waals surface area contributed by atoms with Crippen LogP contribution in [0.15, 0.2) is 0 Å². The van der Waals surface area contributed by atoms with E-state index >= 15 is 0 Å². The van der Waals surface area contributed by atoms with Crippen molar-refractivity contribution in [2.45, 2.75) is 216 Å². The molecule has 7 atom stereocenters. The molecule has 0 unspecified atom stereocenters. The third kappa shape index (κ3) is 26.5. The highest BCUT2D eigenvalue weighted by molar-refractivity contribution is 5.95. The first-order valence-electron chi connectivity index (χ1n) is 28.0. The van der Waals surface area contributed by atoms with Crippen molar-refractivity contribution in [1.29, 1.82) is 0 Å². The van der Waals surface area contributed by atoms with E-state index in [0.29, 0.717) is 51.4 Å². The first-order valence-corrected chi connectivity index (χ1v) is 28.0. The summed E-state index contributed by atoms with van der Waals surface area (Å²) in [7, 11) is 1.24. The van der Waals surface area contributed by atoms with Crippen molar-refractivity contribution < 1.29 is 62.2 Å². The van der Waals surface area contributed by atoms with Crippen LogP contribution in [0.1, 0.15) is 168 Å². The minimum Gasteiger partial charge on any atom is -0.467 e. The molecule has 1 saturated heterocycles. The van der Waals surface area contributed by atoms with Gasteiger partial charge in [0.05, 0.1) is 13.7 Å². The molecule has 9 N–H and O–H groups in total. The quantitative estimate of drug-likeness (QED) is 0.0338. The summed E-state index contributed by atoms with van der Waals surface area (Å²) in [6.07, 6.45) is 2.52. The second-order valence-corrected chi connectivity index (χ2v) is 23.5. The Bertz CT molecular complexity index is 2000. The topological polar surface area (TPSA) is 318 Å². The first-order chi connectivity index (χ1) is 36.3. The number of amides is 10. The second kappa shape index (κ2) is 34.8. The van der Waals surface area contributed by atoms with Gasteiger partial charge in [0.1, 0.15) is 47.9 Å². The number of unbranched alkanes of at least 4 members (excludes halogenated alkanes) is 2. The normalized spacial score (nSPS) is 15.9. The fourth-order valence-electron chi connectivity index (χ4n) is 8.54. The molecular formula is C55H98N10O13. The highest BCUT2D eigenvalue weighted by Crippen LogP contribution is 2.21. The Morgan fingerprint density at radius 1 is 0.513 bits per heavy atom. The molecule has 446 valence electrons. The number of methoxy groups -OCH3 is 1. The predicted octanol–water partition coefficient (Wildman–Crippen LogP) is 2.87. The summed E-state index contributed by atoms with van der Waals surface area (Å²) in [6, 6.07) is -6.30. The van der Waals surface area contributed by atoms with Crippen molar-refractivity contribution in [3.05, 3.63) is 0 Å². The molecule has 0 aromatic carbocycles. The van der Waals surface area contributed by atoms with Crippen LogP contribution in [-0.2, 0) is 57.4 Å². The lowest BCUT2D eigenvalue weighted by Crippen LogP contribution is -2.56. The van der Waals surface area contributed by atoms with Crippen molar-refractivity contribution in [2.24, 2.45) is 35.5 Å². The summed E-state index contributed by atoms with van der Waals surface area (Å²) in [6.45, 7) is 27.3. The molecule has 0 saturated carbocycles. The number of ether oxygens (including phenoxy) is 2. The van der Waals surface area contributed by atoms with E-state index in [0.717, 1.165) is 0 Å². The van der Waals surface area contributed by atoms with Gasteiger partial charge >= 0.3 is 12.1 Å². The number of hydrogen-bond donors (Lipinski definition) is 9. The van der Waals surface area contributed by atoms with Gasteiger partial charge in [0.15, 0.2) is 0 Å². The zero-order chi connectivity index (χ0) is 59.6. The molecule has 23 heteroatoms. The summed E-state index contributed by atoms with van der Waals surface area (Å²) in [5, 5.41) is 24.6. The van der Waals surface area contributed by atoms with Gasteiger partial charge in [-0.15, -0.1) is 0 Å². The molecule has 0 aromatic rings. The van der Waals surface area contributed by atoms with Gasteiger partial charge in [-0.1, -0.05) is 83.1 Å². The van der Waals surface area contributed by atoms with E-state index < -0.39 is 108 Å². The van der Waals surface area contributed by atoms with E-state index in [-0.39, 0.29) is 79.8 Å². The number of likely N-dealkylation sites (tertiary alicyclic amines) is 1.